The van der Waals surface area contributed by atoms with Crippen molar-refractivity contribution in [1.82, 2.24) is 10.0 Å². The van der Waals surface area contributed by atoms with Gasteiger partial charge < -0.3 is 24.3 Å². The Morgan fingerprint density at radius 2 is 1.54 bits per heavy atom. The lowest BCUT2D eigenvalue weighted by molar-refractivity contribution is -0.145. The van der Waals surface area contributed by atoms with Gasteiger partial charge in [-0.25, -0.2) is 4.72 Å². The van der Waals surface area contributed by atoms with Crippen molar-refractivity contribution >= 4 is 47.6 Å². The Morgan fingerprint density at radius 3 is 2.20 bits per heavy atom. The van der Waals surface area contributed by atoms with E-state index in [-0.39, 0.29) is 44.5 Å². The van der Waals surface area contributed by atoms with Crippen LogP contribution in [0.3, 0.4) is 0 Å². The van der Waals surface area contributed by atoms with Crippen LogP contribution in [-0.2, 0) is 30.3 Å². The standard InChI is InChI=1S/C39H42N2O7S2/c1-5-45-39(44)34(41-50-33-18-10-27(2)11-19-33)25-40-37(43)24-29-12-16-31(17-13-29)46-22-23-47-36(26-42)38(30-14-20-32(49-4)21-15-30)48-35-9-7-6-8-28(35)3/h6-21,26,34,41H,5,22-25H2,1-4H3,(H,40,43)/b38-36+. The Morgan fingerprint density at radius 1 is 0.840 bits per heavy atom. The van der Waals surface area contributed by atoms with Gasteiger partial charge in [0.25, 0.3) is 0 Å². The number of aldehydes is 1. The van der Waals surface area contributed by atoms with Crippen molar-refractivity contribution in [2.24, 2.45) is 0 Å². The smallest absolute Gasteiger partial charge is 0.325 e. The highest BCUT2D eigenvalue weighted by Crippen LogP contribution is 2.28. The van der Waals surface area contributed by atoms with Crippen LogP contribution in [0.2, 0.25) is 0 Å². The molecular weight excluding hydrogens is 673 g/mol. The monoisotopic (exact) mass is 714 g/mol. The molecule has 0 saturated carbocycles. The minimum Gasteiger partial charge on any atom is -0.490 e. The summed E-state index contributed by atoms with van der Waals surface area (Å²) in [6, 6.07) is 29.6. The molecule has 0 aliphatic heterocycles. The number of carbonyl (C=O) groups excluding carboxylic acids is 3. The minimum absolute atomic E-state index is 0.0595. The highest BCUT2D eigenvalue weighted by atomic mass is 32.2. The zero-order chi connectivity index (χ0) is 35.7. The summed E-state index contributed by atoms with van der Waals surface area (Å²) >= 11 is 2.93. The topological polar surface area (TPSA) is 112 Å². The van der Waals surface area contributed by atoms with E-state index < -0.39 is 12.0 Å². The van der Waals surface area contributed by atoms with Crippen LogP contribution in [-0.4, -0.2) is 56.8 Å². The van der Waals surface area contributed by atoms with Crippen molar-refractivity contribution in [3.05, 3.63) is 125 Å². The number of allylic oxidation sites excluding steroid dienone is 1. The van der Waals surface area contributed by atoms with Gasteiger partial charge >= 0.3 is 5.97 Å². The molecule has 262 valence electrons. The number of carbonyl (C=O) groups is 3. The first-order valence-corrected chi connectivity index (χ1v) is 18.2. The van der Waals surface area contributed by atoms with E-state index in [1.807, 2.05) is 92.9 Å². The zero-order valence-electron chi connectivity index (χ0n) is 28.6. The molecule has 9 nitrogen and oxygen atoms in total. The number of rotatable bonds is 19. The van der Waals surface area contributed by atoms with E-state index in [0.717, 1.165) is 26.5 Å². The van der Waals surface area contributed by atoms with Crippen molar-refractivity contribution in [2.75, 3.05) is 32.6 Å². The number of nitrogens with one attached hydrogen (secondary N) is 2. The van der Waals surface area contributed by atoms with Crippen LogP contribution >= 0.6 is 23.7 Å². The van der Waals surface area contributed by atoms with Gasteiger partial charge in [-0.15, -0.1) is 11.8 Å². The van der Waals surface area contributed by atoms with Gasteiger partial charge in [0.15, 0.2) is 12.0 Å². The van der Waals surface area contributed by atoms with Crippen molar-refractivity contribution < 1.29 is 33.3 Å². The summed E-state index contributed by atoms with van der Waals surface area (Å²) in [4.78, 5) is 39.4. The van der Waals surface area contributed by atoms with E-state index in [2.05, 4.69) is 10.0 Å². The predicted molar refractivity (Wildman–Crippen MR) is 198 cm³/mol. The molecule has 0 fully saturated rings. The second-order valence-electron chi connectivity index (χ2n) is 11.1. The highest BCUT2D eigenvalue weighted by molar-refractivity contribution is 7.98. The molecule has 4 rings (SSSR count). The first-order chi connectivity index (χ1) is 24.3. The summed E-state index contributed by atoms with van der Waals surface area (Å²) in [5.74, 6) is 0.912. The quantitative estimate of drug-likeness (QED) is 0.0201. The summed E-state index contributed by atoms with van der Waals surface area (Å²) in [7, 11) is 0. The van der Waals surface area contributed by atoms with Crippen LogP contribution in [0.25, 0.3) is 5.76 Å². The molecule has 0 saturated heterocycles. The molecule has 4 aromatic rings. The lowest BCUT2D eigenvalue weighted by atomic mass is 10.1. The summed E-state index contributed by atoms with van der Waals surface area (Å²) < 4.78 is 26.2. The fourth-order valence-corrected chi connectivity index (χ4v) is 5.71. The van der Waals surface area contributed by atoms with Gasteiger partial charge in [0, 0.05) is 21.9 Å². The molecule has 0 spiro atoms. The fourth-order valence-electron chi connectivity index (χ4n) is 4.57. The first kappa shape index (κ1) is 38.1. The van der Waals surface area contributed by atoms with Gasteiger partial charge in [0.05, 0.1) is 13.0 Å². The van der Waals surface area contributed by atoms with Gasteiger partial charge in [0.1, 0.15) is 30.8 Å². The number of hydrogen-bond donors (Lipinski definition) is 2. The van der Waals surface area contributed by atoms with Crippen LogP contribution in [0.15, 0.2) is 113 Å². The number of thioether (sulfide) groups is 1. The number of benzene rings is 4. The third-order valence-corrected chi connectivity index (χ3v) is 8.95. The molecule has 1 unspecified atom stereocenters. The van der Waals surface area contributed by atoms with E-state index in [4.69, 9.17) is 18.9 Å². The van der Waals surface area contributed by atoms with Gasteiger partial charge in [-0.1, -0.05) is 48.0 Å². The van der Waals surface area contributed by atoms with Crippen molar-refractivity contribution in [2.45, 2.75) is 43.0 Å². The maximum atomic E-state index is 12.7. The van der Waals surface area contributed by atoms with Crippen molar-refractivity contribution in [1.29, 1.82) is 0 Å². The van der Waals surface area contributed by atoms with Crippen LogP contribution in [0, 0.1) is 13.8 Å². The zero-order valence-corrected chi connectivity index (χ0v) is 30.2. The number of aryl methyl sites for hydroxylation is 2. The molecule has 0 aromatic heterocycles. The number of ether oxygens (including phenoxy) is 4. The first-order valence-electron chi connectivity index (χ1n) is 16.1. The Hall–Kier alpha value is -4.71. The molecule has 11 heteroatoms. The average molecular weight is 715 g/mol. The van der Waals surface area contributed by atoms with Crippen molar-refractivity contribution in [3.63, 3.8) is 0 Å². The number of hydrogen-bond acceptors (Lipinski definition) is 10. The molecule has 2 N–H and O–H groups in total. The molecule has 0 radical (unpaired) electrons. The van der Waals surface area contributed by atoms with Crippen LogP contribution in [0.4, 0.5) is 0 Å². The van der Waals surface area contributed by atoms with E-state index in [9.17, 15) is 14.4 Å². The van der Waals surface area contributed by atoms with E-state index >= 15 is 0 Å². The molecule has 0 aliphatic rings. The van der Waals surface area contributed by atoms with E-state index in [1.165, 1.54) is 11.9 Å². The van der Waals surface area contributed by atoms with Crippen molar-refractivity contribution in [3.8, 4) is 11.5 Å². The highest BCUT2D eigenvalue weighted by Gasteiger charge is 2.21. The number of para-hydroxylation sites is 1. The fraction of sp³-hybridized carbons (Fsp3) is 0.256. The number of esters is 1. The second-order valence-corrected chi connectivity index (χ2v) is 12.9. The molecule has 1 amide bonds. The van der Waals surface area contributed by atoms with Crippen LogP contribution in [0.1, 0.15) is 29.2 Å². The third-order valence-electron chi connectivity index (χ3n) is 7.30. The Kier molecular flexibility index (Phi) is 15.3. The summed E-state index contributed by atoms with van der Waals surface area (Å²) in [5, 5.41) is 2.83. The minimum atomic E-state index is -0.719. The summed E-state index contributed by atoms with van der Waals surface area (Å²) in [6.45, 7) is 6.27. The summed E-state index contributed by atoms with van der Waals surface area (Å²) in [5.41, 5.74) is 3.55. The summed E-state index contributed by atoms with van der Waals surface area (Å²) in [6.07, 6.45) is 2.76. The van der Waals surface area contributed by atoms with E-state index in [0.29, 0.717) is 29.1 Å². The molecular formula is C39H42N2O7S2. The largest absolute Gasteiger partial charge is 0.490 e. The molecule has 0 bridgehead atoms. The van der Waals surface area contributed by atoms with Gasteiger partial charge in [-0.3, -0.25) is 14.4 Å². The maximum Gasteiger partial charge on any atom is 0.325 e. The molecule has 0 aliphatic carbocycles. The van der Waals surface area contributed by atoms with Gasteiger partial charge in [0.2, 0.25) is 11.7 Å². The Labute approximate surface area is 302 Å². The van der Waals surface area contributed by atoms with E-state index in [1.54, 1.807) is 43.0 Å². The molecule has 4 aromatic carbocycles. The Balaban J connectivity index is 1.29. The molecule has 1 atom stereocenters. The Bertz CT molecular complexity index is 1730. The lowest BCUT2D eigenvalue weighted by Crippen LogP contribution is -2.44. The number of amides is 1. The molecule has 50 heavy (non-hydrogen) atoms. The van der Waals surface area contributed by atoms with Crippen LogP contribution in [0.5, 0.6) is 11.5 Å². The maximum absolute atomic E-state index is 12.7. The van der Waals surface area contributed by atoms with Crippen LogP contribution < -0.4 is 19.5 Å². The normalized spacial score (nSPS) is 11.9. The SMILES string of the molecule is CCOC(=O)C(CNC(=O)Cc1ccc(OCCO/C(C=O)=C(/Oc2ccccc2C)c2ccc(SC)cc2)cc1)NSc1ccc(C)cc1. The third kappa shape index (κ3) is 12.0. The lowest BCUT2D eigenvalue weighted by Gasteiger charge is -2.17. The second kappa shape index (κ2) is 20.1. The van der Waals surface area contributed by atoms with Gasteiger partial charge in [-0.2, -0.15) is 0 Å². The predicted octanol–water partition coefficient (Wildman–Crippen LogP) is 6.95. The molecule has 0 heterocycles. The van der Waals surface area contributed by atoms with Gasteiger partial charge in [-0.05, 0) is 105 Å². The average Bonchev–Trinajstić information content (AvgIpc) is 3.13.